The molecule has 0 aromatic heterocycles. The van der Waals surface area contributed by atoms with E-state index in [0.29, 0.717) is 12.5 Å². The fraction of sp³-hybridized carbons (Fsp3) is 0.500. The average Bonchev–Trinajstić information content (AvgIpc) is 2.30. The lowest BCUT2D eigenvalue weighted by Gasteiger charge is -2.17. The lowest BCUT2D eigenvalue weighted by Crippen LogP contribution is -2.41. The van der Waals surface area contributed by atoms with Crippen molar-refractivity contribution in [3.8, 4) is 0 Å². The highest BCUT2D eigenvalue weighted by molar-refractivity contribution is 5.78. The predicted octanol–water partition coefficient (Wildman–Crippen LogP) is 1.94. The van der Waals surface area contributed by atoms with Crippen molar-refractivity contribution in [2.75, 3.05) is 6.54 Å². The summed E-state index contributed by atoms with van der Waals surface area (Å²) in [7, 11) is 0. The Morgan fingerprint density at radius 2 is 1.82 bits per heavy atom. The summed E-state index contributed by atoms with van der Waals surface area (Å²) in [4.78, 5) is 11.6. The number of amides is 1. The van der Waals surface area contributed by atoms with Crippen molar-refractivity contribution in [1.82, 2.24) is 10.6 Å². The Hall–Kier alpha value is -1.35. The van der Waals surface area contributed by atoms with Crippen LogP contribution >= 0.6 is 0 Å². The third-order valence-electron chi connectivity index (χ3n) is 2.85. The Balaban J connectivity index is 2.21. The van der Waals surface area contributed by atoms with Gasteiger partial charge < -0.3 is 10.6 Å². The SMILES string of the molecule is CC(C)C(C)NC(=O)CNCc1ccccc1. The lowest BCUT2D eigenvalue weighted by atomic mass is 10.1. The summed E-state index contributed by atoms with van der Waals surface area (Å²) in [5.74, 6) is 0.523. The molecule has 3 heteroatoms. The number of benzene rings is 1. The molecule has 3 nitrogen and oxygen atoms in total. The number of hydrogen-bond donors (Lipinski definition) is 2. The summed E-state index contributed by atoms with van der Waals surface area (Å²) in [5, 5.41) is 6.10. The molecule has 1 rings (SSSR count). The van der Waals surface area contributed by atoms with Gasteiger partial charge in [0.15, 0.2) is 0 Å². The first-order valence-electron chi connectivity index (χ1n) is 6.13. The van der Waals surface area contributed by atoms with Gasteiger partial charge in [0.1, 0.15) is 0 Å². The van der Waals surface area contributed by atoms with Crippen LogP contribution in [0.1, 0.15) is 26.3 Å². The van der Waals surface area contributed by atoms with Crippen molar-refractivity contribution in [3.63, 3.8) is 0 Å². The van der Waals surface area contributed by atoms with Crippen LogP contribution in [0.5, 0.6) is 0 Å². The molecule has 0 fully saturated rings. The summed E-state index contributed by atoms with van der Waals surface area (Å²) >= 11 is 0. The number of hydrogen-bond acceptors (Lipinski definition) is 2. The smallest absolute Gasteiger partial charge is 0.234 e. The summed E-state index contributed by atoms with van der Waals surface area (Å²) in [6, 6.07) is 10.3. The molecule has 1 aromatic carbocycles. The van der Waals surface area contributed by atoms with E-state index in [1.807, 2.05) is 37.3 Å². The molecule has 0 radical (unpaired) electrons. The molecule has 2 N–H and O–H groups in total. The summed E-state index contributed by atoms with van der Waals surface area (Å²) in [6.45, 7) is 7.32. The molecule has 1 atom stereocenters. The Morgan fingerprint density at radius 1 is 1.18 bits per heavy atom. The van der Waals surface area contributed by atoms with Gasteiger partial charge in [-0.15, -0.1) is 0 Å². The average molecular weight is 234 g/mol. The third kappa shape index (κ3) is 5.50. The molecular formula is C14H22N2O. The molecule has 1 aromatic rings. The molecule has 1 unspecified atom stereocenters. The summed E-state index contributed by atoms with van der Waals surface area (Å²) in [5.41, 5.74) is 1.19. The van der Waals surface area contributed by atoms with Gasteiger partial charge in [-0.3, -0.25) is 4.79 Å². The zero-order valence-corrected chi connectivity index (χ0v) is 10.9. The van der Waals surface area contributed by atoms with Crippen LogP contribution in [0.3, 0.4) is 0 Å². The number of nitrogens with one attached hydrogen (secondary N) is 2. The van der Waals surface area contributed by atoms with Crippen molar-refractivity contribution < 1.29 is 4.79 Å². The highest BCUT2D eigenvalue weighted by Crippen LogP contribution is 1.99. The zero-order chi connectivity index (χ0) is 12.7. The highest BCUT2D eigenvalue weighted by atomic mass is 16.1. The van der Waals surface area contributed by atoms with Gasteiger partial charge in [0.25, 0.3) is 0 Å². The van der Waals surface area contributed by atoms with Crippen LogP contribution in [0.15, 0.2) is 30.3 Å². The van der Waals surface area contributed by atoms with E-state index in [9.17, 15) is 4.79 Å². The van der Waals surface area contributed by atoms with Crippen LogP contribution in [-0.2, 0) is 11.3 Å². The van der Waals surface area contributed by atoms with E-state index in [-0.39, 0.29) is 11.9 Å². The molecule has 0 spiro atoms. The van der Waals surface area contributed by atoms with Gasteiger partial charge >= 0.3 is 0 Å². The molecule has 0 aliphatic heterocycles. The number of carbonyl (C=O) groups excluding carboxylic acids is 1. The molecule has 0 bridgehead atoms. The Labute approximate surface area is 104 Å². The molecule has 0 aliphatic carbocycles. The van der Waals surface area contributed by atoms with E-state index in [1.54, 1.807) is 0 Å². The molecule has 17 heavy (non-hydrogen) atoms. The first-order chi connectivity index (χ1) is 8.09. The molecule has 0 aliphatic rings. The maximum absolute atomic E-state index is 11.6. The Kier molecular flexibility index (Phi) is 5.70. The fourth-order valence-corrected chi connectivity index (χ4v) is 1.39. The largest absolute Gasteiger partial charge is 0.352 e. The van der Waals surface area contributed by atoms with Gasteiger partial charge in [-0.25, -0.2) is 0 Å². The van der Waals surface area contributed by atoms with Crippen LogP contribution in [0.25, 0.3) is 0 Å². The first kappa shape index (κ1) is 13.7. The molecule has 0 saturated heterocycles. The minimum Gasteiger partial charge on any atom is -0.352 e. The van der Waals surface area contributed by atoms with Gasteiger partial charge in [0.05, 0.1) is 6.54 Å². The zero-order valence-electron chi connectivity index (χ0n) is 10.9. The van der Waals surface area contributed by atoms with Crippen molar-refractivity contribution in [3.05, 3.63) is 35.9 Å². The van der Waals surface area contributed by atoms with Crippen LogP contribution in [0.4, 0.5) is 0 Å². The van der Waals surface area contributed by atoms with E-state index in [1.165, 1.54) is 5.56 Å². The minimum atomic E-state index is 0.0575. The van der Waals surface area contributed by atoms with E-state index in [0.717, 1.165) is 6.54 Å². The van der Waals surface area contributed by atoms with Crippen molar-refractivity contribution in [2.45, 2.75) is 33.4 Å². The van der Waals surface area contributed by atoms with E-state index in [2.05, 4.69) is 24.5 Å². The fourth-order valence-electron chi connectivity index (χ4n) is 1.39. The minimum absolute atomic E-state index is 0.0575. The standard InChI is InChI=1S/C14H22N2O/c1-11(2)12(3)16-14(17)10-15-9-13-7-5-4-6-8-13/h4-8,11-12,15H,9-10H2,1-3H3,(H,16,17). The number of rotatable bonds is 6. The quantitative estimate of drug-likeness (QED) is 0.789. The normalized spacial score (nSPS) is 12.5. The van der Waals surface area contributed by atoms with Gasteiger partial charge in [-0.2, -0.15) is 0 Å². The van der Waals surface area contributed by atoms with E-state index < -0.39 is 0 Å². The molecule has 0 heterocycles. The topological polar surface area (TPSA) is 41.1 Å². The number of carbonyl (C=O) groups is 1. The first-order valence-corrected chi connectivity index (χ1v) is 6.13. The van der Waals surface area contributed by atoms with Crippen molar-refractivity contribution >= 4 is 5.91 Å². The van der Waals surface area contributed by atoms with Gasteiger partial charge in [0, 0.05) is 12.6 Å². The Bertz CT molecular complexity index is 335. The molecule has 1 amide bonds. The predicted molar refractivity (Wildman–Crippen MR) is 70.6 cm³/mol. The van der Waals surface area contributed by atoms with Crippen LogP contribution in [-0.4, -0.2) is 18.5 Å². The second-order valence-electron chi connectivity index (χ2n) is 4.69. The van der Waals surface area contributed by atoms with Crippen molar-refractivity contribution in [1.29, 1.82) is 0 Å². The highest BCUT2D eigenvalue weighted by Gasteiger charge is 2.09. The van der Waals surface area contributed by atoms with E-state index >= 15 is 0 Å². The molecule has 94 valence electrons. The third-order valence-corrected chi connectivity index (χ3v) is 2.85. The maximum atomic E-state index is 11.6. The summed E-state index contributed by atoms with van der Waals surface area (Å²) in [6.07, 6.45) is 0. The second kappa shape index (κ2) is 7.07. The van der Waals surface area contributed by atoms with Crippen LogP contribution < -0.4 is 10.6 Å². The summed E-state index contributed by atoms with van der Waals surface area (Å²) < 4.78 is 0. The Morgan fingerprint density at radius 3 is 2.41 bits per heavy atom. The monoisotopic (exact) mass is 234 g/mol. The maximum Gasteiger partial charge on any atom is 0.234 e. The van der Waals surface area contributed by atoms with E-state index in [4.69, 9.17) is 0 Å². The van der Waals surface area contributed by atoms with Gasteiger partial charge in [-0.1, -0.05) is 44.2 Å². The van der Waals surface area contributed by atoms with Crippen LogP contribution in [0.2, 0.25) is 0 Å². The van der Waals surface area contributed by atoms with Gasteiger partial charge in [-0.05, 0) is 18.4 Å². The van der Waals surface area contributed by atoms with Gasteiger partial charge in [0.2, 0.25) is 5.91 Å². The molecule has 0 saturated carbocycles. The van der Waals surface area contributed by atoms with Crippen LogP contribution in [0, 0.1) is 5.92 Å². The lowest BCUT2D eigenvalue weighted by molar-refractivity contribution is -0.121. The molecular weight excluding hydrogens is 212 g/mol. The second-order valence-corrected chi connectivity index (χ2v) is 4.69. The van der Waals surface area contributed by atoms with Crippen molar-refractivity contribution in [2.24, 2.45) is 5.92 Å².